The molecule has 4 nitrogen and oxygen atoms in total. The summed E-state index contributed by atoms with van der Waals surface area (Å²) in [5, 5.41) is 6.82. The Morgan fingerprint density at radius 2 is 1.16 bits per heavy atom. The number of aromatic nitrogens is 1. The average molecular weight is 629 g/mol. The van der Waals surface area contributed by atoms with Crippen LogP contribution in [0.3, 0.4) is 0 Å². The van der Waals surface area contributed by atoms with E-state index in [0.29, 0.717) is 5.89 Å². The fourth-order valence-corrected chi connectivity index (χ4v) is 7.14. The molecule has 230 valence electrons. The smallest absolute Gasteiger partial charge is 0.228 e. The van der Waals surface area contributed by atoms with Gasteiger partial charge < -0.3 is 13.7 Å². The largest absolute Gasteiger partial charge is 0.456 e. The van der Waals surface area contributed by atoms with Crippen LogP contribution in [0.15, 0.2) is 179 Å². The van der Waals surface area contributed by atoms with Crippen molar-refractivity contribution >= 4 is 71.6 Å². The Bertz CT molecular complexity index is 2820. The number of rotatable bonds is 5. The van der Waals surface area contributed by atoms with Gasteiger partial charge in [0.1, 0.15) is 16.7 Å². The molecule has 0 radical (unpaired) electrons. The topological polar surface area (TPSA) is 42.4 Å². The summed E-state index contributed by atoms with van der Waals surface area (Å²) in [6.07, 6.45) is 0. The van der Waals surface area contributed by atoms with Gasteiger partial charge in [0, 0.05) is 39.2 Å². The molecule has 0 unspecified atom stereocenters. The van der Waals surface area contributed by atoms with Crippen LogP contribution < -0.4 is 4.90 Å². The van der Waals surface area contributed by atoms with E-state index in [2.05, 4.69) is 138 Å². The van der Waals surface area contributed by atoms with E-state index in [1.807, 2.05) is 36.4 Å². The summed E-state index contributed by atoms with van der Waals surface area (Å²) < 4.78 is 12.8. The fourth-order valence-electron chi connectivity index (χ4n) is 7.14. The molecule has 0 aliphatic heterocycles. The first-order valence-corrected chi connectivity index (χ1v) is 16.5. The van der Waals surface area contributed by atoms with Gasteiger partial charge in [0.15, 0.2) is 5.58 Å². The van der Waals surface area contributed by atoms with Crippen molar-refractivity contribution in [1.82, 2.24) is 4.98 Å². The molecule has 10 rings (SSSR count). The van der Waals surface area contributed by atoms with E-state index in [4.69, 9.17) is 13.8 Å². The van der Waals surface area contributed by atoms with Gasteiger partial charge in [-0.3, -0.25) is 0 Å². The molecule has 0 aliphatic carbocycles. The Kier molecular flexibility index (Phi) is 6.15. The number of para-hydroxylation sites is 2. The Morgan fingerprint density at radius 1 is 0.429 bits per heavy atom. The van der Waals surface area contributed by atoms with Crippen LogP contribution in [0.25, 0.3) is 77.2 Å². The predicted octanol–water partition coefficient (Wildman–Crippen LogP) is 12.8. The third kappa shape index (κ3) is 4.57. The molecule has 0 bridgehead atoms. The molecule has 0 atom stereocenters. The molecule has 0 amide bonds. The minimum absolute atomic E-state index is 0.585. The Morgan fingerprint density at radius 3 is 2.10 bits per heavy atom. The zero-order valence-electron chi connectivity index (χ0n) is 26.4. The lowest BCUT2D eigenvalue weighted by Gasteiger charge is -2.27. The number of hydrogen-bond acceptors (Lipinski definition) is 4. The van der Waals surface area contributed by atoms with Gasteiger partial charge in [-0.2, -0.15) is 0 Å². The molecule has 2 aromatic heterocycles. The number of fused-ring (bicyclic) bond motifs is 6. The maximum atomic E-state index is 6.58. The van der Waals surface area contributed by atoms with Crippen LogP contribution in [0, 0.1) is 0 Å². The van der Waals surface area contributed by atoms with Crippen LogP contribution in [0.5, 0.6) is 0 Å². The van der Waals surface area contributed by atoms with E-state index in [9.17, 15) is 0 Å². The molecular formula is C45H28N2O2. The van der Waals surface area contributed by atoms with Crippen molar-refractivity contribution in [1.29, 1.82) is 0 Å². The molecule has 0 spiro atoms. The summed E-state index contributed by atoms with van der Waals surface area (Å²) in [5.74, 6) is 0.585. The van der Waals surface area contributed by atoms with Crippen LogP contribution in [-0.2, 0) is 0 Å². The van der Waals surface area contributed by atoms with Gasteiger partial charge in [0.05, 0.1) is 5.69 Å². The van der Waals surface area contributed by atoms with E-state index in [1.54, 1.807) is 0 Å². The highest BCUT2D eigenvalue weighted by Crippen LogP contribution is 2.44. The van der Waals surface area contributed by atoms with Gasteiger partial charge >= 0.3 is 0 Å². The van der Waals surface area contributed by atoms with E-state index < -0.39 is 0 Å². The first-order valence-electron chi connectivity index (χ1n) is 16.5. The molecule has 0 aliphatic rings. The lowest BCUT2D eigenvalue weighted by molar-refractivity contribution is 0.620. The number of furan rings is 1. The molecule has 8 aromatic carbocycles. The van der Waals surface area contributed by atoms with Crippen molar-refractivity contribution in [2.75, 3.05) is 4.90 Å². The minimum atomic E-state index is 0.585. The molecule has 0 saturated heterocycles. The molecule has 0 N–H and O–H groups in total. The second-order valence-electron chi connectivity index (χ2n) is 12.4. The Balaban J connectivity index is 1.16. The van der Waals surface area contributed by atoms with Crippen molar-refractivity contribution in [2.24, 2.45) is 0 Å². The Hall–Kier alpha value is -6.65. The van der Waals surface area contributed by atoms with Crippen LogP contribution in [0.4, 0.5) is 17.1 Å². The zero-order valence-corrected chi connectivity index (χ0v) is 26.4. The third-order valence-electron chi connectivity index (χ3n) is 9.46. The first kappa shape index (κ1) is 27.5. The number of nitrogens with zero attached hydrogens (tertiary/aromatic N) is 2. The number of benzene rings is 8. The highest BCUT2D eigenvalue weighted by Gasteiger charge is 2.20. The second-order valence-corrected chi connectivity index (χ2v) is 12.4. The Labute approximate surface area is 282 Å². The van der Waals surface area contributed by atoms with Crippen molar-refractivity contribution in [3.05, 3.63) is 170 Å². The summed E-state index contributed by atoms with van der Waals surface area (Å²) in [6.45, 7) is 0. The predicted molar refractivity (Wildman–Crippen MR) is 202 cm³/mol. The van der Waals surface area contributed by atoms with Gasteiger partial charge in [-0.05, 0) is 87.9 Å². The molecule has 49 heavy (non-hydrogen) atoms. The van der Waals surface area contributed by atoms with E-state index in [-0.39, 0.29) is 0 Å². The molecule has 10 aromatic rings. The minimum Gasteiger partial charge on any atom is -0.456 e. The summed E-state index contributed by atoms with van der Waals surface area (Å²) in [4.78, 5) is 7.14. The first-order chi connectivity index (χ1) is 24.3. The fraction of sp³-hybridized carbons (Fsp3) is 0. The van der Waals surface area contributed by atoms with Gasteiger partial charge in [0.2, 0.25) is 5.89 Å². The third-order valence-corrected chi connectivity index (χ3v) is 9.46. The monoisotopic (exact) mass is 628 g/mol. The maximum absolute atomic E-state index is 6.58. The second kappa shape index (κ2) is 11.0. The van der Waals surface area contributed by atoms with Crippen LogP contribution >= 0.6 is 0 Å². The van der Waals surface area contributed by atoms with Gasteiger partial charge in [0.25, 0.3) is 0 Å². The lowest BCUT2D eigenvalue weighted by Crippen LogP contribution is -2.10. The van der Waals surface area contributed by atoms with Gasteiger partial charge in [-0.15, -0.1) is 0 Å². The van der Waals surface area contributed by atoms with Crippen LogP contribution in [0.2, 0.25) is 0 Å². The van der Waals surface area contributed by atoms with E-state index >= 15 is 0 Å². The molecule has 0 saturated carbocycles. The SMILES string of the molecule is c1cc(-c2ccc3ccccc3c2)cc(N(c2ccc3c(c2)oc2cccc(-c4nc5ccccc5o4)c23)c2cccc3ccccc23)c1. The van der Waals surface area contributed by atoms with E-state index in [0.717, 1.165) is 61.2 Å². The van der Waals surface area contributed by atoms with Crippen molar-refractivity contribution in [3.63, 3.8) is 0 Å². The number of oxazole rings is 1. The average Bonchev–Trinajstić information content (AvgIpc) is 3.77. The summed E-state index contributed by atoms with van der Waals surface area (Å²) in [7, 11) is 0. The van der Waals surface area contributed by atoms with Gasteiger partial charge in [-0.25, -0.2) is 4.98 Å². The van der Waals surface area contributed by atoms with Crippen molar-refractivity contribution in [3.8, 4) is 22.6 Å². The van der Waals surface area contributed by atoms with Crippen molar-refractivity contribution in [2.45, 2.75) is 0 Å². The standard InChI is InChI=1S/C45H28N2O2/c1-2-12-31-26-33(23-22-29(31)10-1)32-14-7-15-34(27-32)47(40-19-8-13-30-11-3-4-16-36(30)40)35-24-25-37-43(28-35)48-42-21-9-17-38(44(37)42)45-46-39-18-5-6-20-41(39)49-45/h1-28H. The van der Waals surface area contributed by atoms with Gasteiger partial charge in [-0.1, -0.05) is 103 Å². The number of hydrogen-bond donors (Lipinski definition) is 0. The quantitative estimate of drug-likeness (QED) is 0.190. The molecule has 4 heteroatoms. The zero-order chi connectivity index (χ0) is 32.3. The lowest BCUT2D eigenvalue weighted by atomic mass is 10.00. The highest BCUT2D eigenvalue weighted by atomic mass is 16.3. The maximum Gasteiger partial charge on any atom is 0.228 e. The molecule has 2 heterocycles. The highest BCUT2D eigenvalue weighted by molar-refractivity contribution is 6.13. The molecular weight excluding hydrogens is 601 g/mol. The normalized spacial score (nSPS) is 11.7. The van der Waals surface area contributed by atoms with E-state index in [1.165, 1.54) is 27.1 Å². The number of anilines is 3. The summed E-state index contributed by atoms with van der Waals surface area (Å²) >= 11 is 0. The summed E-state index contributed by atoms with van der Waals surface area (Å²) in [5.41, 5.74) is 9.59. The molecule has 0 fully saturated rings. The van der Waals surface area contributed by atoms with Crippen LogP contribution in [-0.4, -0.2) is 4.98 Å². The van der Waals surface area contributed by atoms with Crippen molar-refractivity contribution < 1.29 is 8.83 Å². The van der Waals surface area contributed by atoms with Crippen LogP contribution in [0.1, 0.15) is 0 Å². The summed E-state index contributed by atoms with van der Waals surface area (Å²) in [6, 6.07) is 59.4.